The van der Waals surface area contributed by atoms with Gasteiger partial charge in [-0.3, -0.25) is 4.79 Å². The van der Waals surface area contributed by atoms with E-state index >= 15 is 0 Å². The highest BCUT2D eigenvalue weighted by molar-refractivity contribution is 6.32. The maximum atomic E-state index is 11.9. The summed E-state index contributed by atoms with van der Waals surface area (Å²) >= 11 is 5.99. The van der Waals surface area contributed by atoms with Crippen LogP contribution in [0.2, 0.25) is 5.02 Å². The summed E-state index contributed by atoms with van der Waals surface area (Å²) in [4.78, 5) is 11.9. The third-order valence-electron chi connectivity index (χ3n) is 2.88. The van der Waals surface area contributed by atoms with E-state index in [4.69, 9.17) is 16.3 Å². The number of rotatable bonds is 5. The molecule has 0 saturated heterocycles. The summed E-state index contributed by atoms with van der Waals surface area (Å²) in [5.41, 5.74) is 0.676. The minimum atomic E-state index is -0.196. The van der Waals surface area contributed by atoms with Crippen LogP contribution in [0.4, 0.5) is 5.69 Å². The molecular weight excluding hydrogens is 287 g/mol. The Balaban J connectivity index is 0.00000180. The number of carbonyl (C=O) groups is 1. The highest BCUT2D eigenvalue weighted by Gasteiger charge is 2.25. The Hall–Kier alpha value is -0.970. The van der Waals surface area contributed by atoms with Crippen LogP contribution in [0.25, 0.3) is 0 Å². The Bertz CT molecular complexity index is 450. The molecule has 1 saturated carbocycles. The molecule has 1 unspecified atom stereocenters. The molecule has 0 radical (unpaired) electrons. The molecule has 106 valence electrons. The molecule has 1 fully saturated rings. The second-order valence-corrected chi connectivity index (χ2v) is 4.91. The predicted molar refractivity (Wildman–Crippen MR) is 79.5 cm³/mol. The van der Waals surface area contributed by atoms with Crippen molar-refractivity contribution in [1.29, 1.82) is 0 Å². The van der Waals surface area contributed by atoms with Crippen LogP contribution in [-0.4, -0.2) is 25.1 Å². The second-order valence-electron chi connectivity index (χ2n) is 4.50. The largest absolute Gasteiger partial charge is 0.495 e. The summed E-state index contributed by atoms with van der Waals surface area (Å²) in [6.07, 6.45) is 2.32. The van der Waals surface area contributed by atoms with Gasteiger partial charge in [0.2, 0.25) is 5.91 Å². The number of benzene rings is 1. The van der Waals surface area contributed by atoms with Gasteiger partial charge in [0.05, 0.1) is 18.2 Å². The maximum absolute atomic E-state index is 11.9. The molecule has 6 heteroatoms. The van der Waals surface area contributed by atoms with Gasteiger partial charge in [0.25, 0.3) is 0 Å². The van der Waals surface area contributed by atoms with Crippen molar-refractivity contribution in [3.05, 3.63) is 23.2 Å². The van der Waals surface area contributed by atoms with Gasteiger partial charge in [0, 0.05) is 11.7 Å². The summed E-state index contributed by atoms with van der Waals surface area (Å²) < 4.78 is 5.06. The number of carbonyl (C=O) groups excluding carboxylic acids is 1. The van der Waals surface area contributed by atoms with Crippen molar-refractivity contribution in [1.82, 2.24) is 5.32 Å². The van der Waals surface area contributed by atoms with Crippen molar-refractivity contribution < 1.29 is 9.53 Å². The van der Waals surface area contributed by atoms with Crippen molar-refractivity contribution in [2.75, 3.05) is 12.4 Å². The van der Waals surface area contributed by atoms with Gasteiger partial charge in [-0.25, -0.2) is 0 Å². The van der Waals surface area contributed by atoms with Crippen molar-refractivity contribution in [2.24, 2.45) is 0 Å². The molecule has 0 heterocycles. The Kier molecular flexibility index (Phi) is 5.91. The number of hydrogen-bond donors (Lipinski definition) is 2. The standard InChI is InChI=1S/C13H17ClN2O2.ClH/c1-8(15-9-3-4-9)13(17)16-10-5-6-12(18-2)11(14)7-10;/h5-9,15H,3-4H2,1-2H3,(H,16,17);1H. The monoisotopic (exact) mass is 304 g/mol. The molecular formula is C13H18Cl2N2O2. The molecule has 1 aliphatic rings. The molecule has 0 aliphatic heterocycles. The van der Waals surface area contributed by atoms with E-state index in [1.54, 1.807) is 25.3 Å². The Morgan fingerprint density at radius 2 is 2.16 bits per heavy atom. The predicted octanol–water partition coefficient (Wildman–Crippen LogP) is 2.85. The second kappa shape index (κ2) is 6.98. The van der Waals surface area contributed by atoms with Crippen LogP contribution in [0.5, 0.6) is 5.75 Å². The summed E-state index contributed by atoms with van der Waals surface area (Å²) in [6.45, 7) is 1.86. The van der Waals surface area contributed by atoms with Crippen molar-refractivity contribution >= 4 is 35.6 Å². The summed E-state index contributed by atoms with van der Waals surface area (Å²) in [6, 6.07) is 5.49. The number of anilines is 1. The lowest BCUT2D eigenvalue weighted by Gasteiger charge is -2.14. The zero-order valence-corrected chi connectivity index (χ0v) is 12.5. The first-order chi connectivity index (χ1) is 8.60. The van der Waals surface area contributed by atoms with E-state index < -0.39 is 0 Å². The van der Waals surface area contributed by atoms with E-state index in [2.05, 4.69) is 10.6 Å². The van der Waals surface area contributed by atoms with Gasteiger partial charge in [0.15, 0.2) is 0 Å². The molecule has 2 rings (SSSR count). The zero-order chi connectivity index (χ0) is 13.1. The molecule has 1 aromatic rings. The van der Waals surface area contributed by atoms with Crippen LogP contribution in [0.1, 0.15) is 19.8 Å². The van der Waals surface area contributed by atoms with Gasteiger partial charge >= 0.3 is 0 Å². The lowest BCUT2D eigenvalue weighted by molar-refractivity contribution is -0.117. The van der Waals surface area contributed by atoms with Gasteiger partial charge < -0.3 is 15.4 Å². The first-order valence-corrected chi connectivity index (χ1v) is 6.38. The zero-order valence-electron chi connectivity index (χ0n) is 10.9. The van der Waals surface area contributed by atoms with Crippen molar-refractivity contribution in [3.63, 3.8) is 0 Å². The number of methoxy groups -OCH3 is 1. The average Bonchev–Trinajstić information content (AvgIpc) is 3.13. The number of nitrogens with one attached hydrogen (secondary N) is 2. The fourth-order valence-electron chi connectivity index (χ4n) is 1.67. The van der Waals surface area contributed by atoms with Crippen LogP contribution in [-0.2, 0) is 4.79 Å². The Morgan fingerprint density at radius 1 is 1.47 bits per heavy atom. The average molecular weight is 305 g/mol. The maximum Gasteiger partial charge on any atom is 0.241 e. The van der Waals surface area contributed by atoms with Crippen molar-refractivity contribution in [2.45, 2.75) is 31.8 Å². The normalized spacial score (nSPS) is 15.3. The summed E-state index contributed by atoms with van der Waals surface area (Å²) in [7, 11) is 1.56. The Labute approximate surface area is 124 Å². The molecule has 2 N–H and O–H groups in total. The molecule has 4 nitrogen and oxygen atoms in total. The van der Waals surface area contributed by atoms with Crippen molar-refractivity contribution in [3.8, 4) is 5.75 Å². The van der Waals surface area contributed by atoms with E-state index in [-0.39, 0.29) is 24.4 Å². The van der Waals surface area contributed by atoms with Gasteiger partial charge in [0.1, 0.15) is 5.75 Å². The SMILES string of the molecule is COc1ccc(NC(=O)C(C)NC2CC2)cc1Cl.Cl. The highest BCUT2D eigenvalue weighted by Crippen LogP contribution is 2.27. The molecule has 1 atom stereocenters. The van der Waals surface area contributed by atoms with Crippen LogP contribution < -0.4 is 15.4 Å². The van der Waals surface area contributed by atoms with E-state index in [0.29, 0.717) is 22.5 Å². The molecule has 0 bridgehead atoms. The molecule has 0 spiro atoms. The molecule has 19 heavy (non-hydrogen) atoms. The number of ether oxygens (including phenoxy) is 1. The summed E-state index contributed by atoms with van der Waals surface area (Å²) in [5, 5.41) is 6.55. The van der Waals surface area contributed by atoms with Crippen LogP contribution >= 0.6 is 24.0 Å². The molecule has 0 aromatic heterocycles. The first kappa shape index (κ1) is 16.1. The van der Waals surface area contributed by atoms with E-state index in [0.717, 1.165) is 12.8 Å². The van der Waals surface area contributed by atoms with Crippen LogP contribution in [0.15, 0.2) is 18.2 Å². The lowest BCUT2D eigenvalue weighted by atomic mass is 10.2. The van der Waals surface area contributed by atoms with E-state index in [9.17, 15) is 4.79 Å². The third-order valence-corrected chi connectivity index (χ3v) is 3.17. The number of amides is 1. The number of halogens is 2. The summed E-state index contributed by atoms with van der Waals surface area (Å²) in [5.74, 6) is 0.543. The van der Waals surface area contributed by atoms with Gasteiger partial charge in [-0.15, -0.1) is 12.4 Å². The number of hydrogen-bond acceptors (Lipinski definition) is 3. The molecule has 1 aliphatic carbocycles. The van der Waals surface area contributed by atoms with Gasteiger partial charge in [-0.05, 0) is 38.0 Å². The fourth-order valence-corrected chi connectivity index (χ4v) is 1.93. The van der Waals surface area contributed by atoms with E-state index in [1.165, 1.54) is 0 Å². The quantitative estimate of drug-likeness (QED) is 0.879. The van der Waals surface area contributed by atoms with Crippen LogP contribution in [0.3, 0.4) is 0 Å². The Morgan fingerprint density at radius 3 is 2.68 bits per heavy atom. The van der Waals surface area contributed by atoms with E-state index in [1.807, 2.05) is 6.92 Å². The lowest BCUT2D eigenvalue weighted by Crippen LogP contribution is -2.39. The van der Waals surface area contributed by atoms with Gasteiger partial charge in [-0.2, -0.15) is 0 Å². The third kappa shape index (κ3) is 4.56. The minimum absolute atomic E-state index is 0. The minimum Gasteiger partial charge on any atom is -0.495 e. The fraction of sp³-hybridized carbons (Fsp3) is 0.462. The molecule has 1 aromatic carbocycles. The highest BCUT2D eigenvalue weighted by atomic mass is 35.5. The topological polar surface area (TPSA) is 50.4 Å². The van der Waals surface area contributed by atoms with Gasteiger partial charge in [-0.1, -0.05) is 11.6 Å². The first-order valence-electron chi connectivity index (χ1n) is 6.00. The molecule has 1 amide bonds. The smallest absolute Gasteiger partial charge is 0.241 e. The van der Waals surface area contributed by atoms with Crippen LogP contribution in [0, 0.1) is 0 Å².